The van der Waals surface area contributed by atoms with Gasteiger partial charge in [0, 0.05) is 18.0 Å². The second-order valence-electron chi connectivity index (χ2n) is 9.14. The normalized spacial score (nSPS) is 27.2. The average molecular weight is 423 g/mol. The van der Waals surface area contributed by atoms with E-state index in [1.807, 2.05) is 42.5 Å². The number of carbonyl (C=O) groups excluding carboxylic acids is 2. The van der Waals surface area contributed by atoms with Crippen molar-refractivity contribution in [3.05, 3.63) is 102 Å². The van der Waals surface area contributed by atoms with E-state index in [0.29, 0.717) is 5.69 Å². The van der Waals surface area contributed by atoms with Crippen LogP contribution in [-0.2, 0) is 9.59 Å². The molecule has 160 valence electrons. The summed E-state index contributed by atoms with van der Waals surface area (Å²) in [6.07, 6.45) is 2.06. The molecule has 0 radical (unpaired) electrons. The quantitative estimate of drug-likeness (QED) is 0.583. The lowest BCUT2D eigenvalue weighted by molar-refractivity contribution is -0.123. The number of fused-ring (bicyclic) bond motifs is 3. The highest BCUT2D eigenvalue weighted by Gasteiger charge is 2.64. The number of para-hydroxylation sites is 1. The van der Waals surface area contributed by atoms with Gasteiger partial charge in [0.15, 0.2) is 0 Å². The lowest BCUT2D eigenvalue weighted by atomic mass is 9.77. The van der Waals surface area contributed by atoms with Crippen LogP contribution in [0, 0.1) is 11.8 Å². The number of imide groups is 1. The molecule has 4 nitrogen and oxygen atoms in total. The summed E-state index contributed by atoms with van der Waals surface area (Å²) in [6.45, 7) is 0.949. The number of benzene rings is 3. The van der Waals surface area contributed by atoms with Gasteiger partial charge < -0.3 is 0 Å². The molecule has 0 aliphatic carbocycles. The number of hydrogen-bond acceptors (Lipinski definition) is 3. The highest BCUT2D eigenvalue weighted by atomic mass is 16.2. The molecule has 0 aromatic heterocycles. The number of hydrogen-bond donors (Lipinski definition) is 0. The maximum Gasteiger partial charge on any atom is 0.239 e. The number of rotatable bonds is 4. The Hall–Kier alpha value is -3.24. The first kappa shape index (κ1) is 19.4. The second kappa shape index (κ2) is 7.72. The van der Waals surface area contributed by atoms with E-state index >= 15 is 0 Å². The third kappa shape index (κ3) is 2.86. The lowest BCUT2D eigenvalue weighted by Crippen LogP contribution is -2.45. The van der Waals surface area contributed by atoms with Gasteiger partial charge in [0.05, 0.1) is 17.5 Å². The van der Waals surface area contributed by atoms with Gasteiger partial charge in [-0.1, -0.05) is 78.9 Å². The summed E-state index contributed by atoms with van der Waals surface area (Å²) < 4.78 is 0. The van der Waals surface area contributed by atoms with Gasteiger partial charge >= 0.3 is 0 Å². The maximum absolute atomic E-state index is 13.9. The fourth-order valence-corrected chi connectivity index (χ4v) is 6.39. The molecule has 3 aliphatic heterocycles. The van der Waals surface area contributed by atoms with E-state index in [9.17, 15) is 9.59 Å². The van der Waals surface area contributed by atoms with E-state index < -0.39 is 0 Å². The molecule has 3 saturated heterocycles. The third-order valence-corrected chi connectivity index (χ3v) is 7.58. The molecule has 3 aliphatic rings. The van der Waals surface area contributed by atoms with Gasteiger partial charge in [-0.2, -0.15) is 0 Å². The number of nitrogens with zero attached hydrogens (tertiary/aromatic N) is 2. The summed E-state index contributed by atoms with van der Waals surface area (Å²) in [5.74, 6) is -0.600. The molecule has 6 rings (SSSR count). The van der Waals surface area contributed by atoms with Gasteiger partial charge in [0.2, 0.25) is 11.8 Å². The maximum atomic E-state index is 13.9. The Morgan fingerprint density at radius 1 is 0.688 bits per heavy atom. The zero-order valence-electron chi connectivity index (χ0n) is 17.9. The Bertz CT molecular complexity index is 1090. The van der Waals surface area contributed by atoms with Crippen LogP contribution in [0.3, 0.4) is 0 Å². The van der Waals surface area contributed by atoms with E-state index in [0.717, 1.165) is 19.4 Å². The molecule has 3 fully saturated rings. The van der Waals surface area contributed by atoms with Crippen molar-refractivity contribution in [1.29, 1.82) is 0 Å². The third-order valence-electron chi connectivity index (χ3n) is 7.58. The van der Waals surface area contributed by atoms with Crippen molar-refractivity contribution in [2.24, 2.45) is 11.8 Å². The van der Waals surface area contributed by atoms with Gasteiger partial charge in [-0.25, -0.2) is 4.90 Å². The molecule has 0 bridgehead atoms. The molecule has 0 saturated carbocycles. The number of amides is 2. The van der Waals surface area contributed by atoms with E-state index in [4.69, 9.17) is 0 Å². The molecule has 3 aromatic carbocycles. The van der Waals surface area contributed by atoms with E-state index in [2.05, 4.69) is 53.4 Å². The fraction of sp³-hybridized carbons (Fsp3) is 0.286. The predicted octanol–water partition coefficient (Wildman–Crippen LogP) is 4.47. The van der Waals surface area contributed by atoms with Crippen LogP contribution in [0.2, 0.25) is 0 Å². The lowest BCUT2D eigenvalue weighted by Gasteiger charge is -2.35. The first-order valence-corrected chi connectivity index (χ1v) is 11.5. The summed E-state index contributed by atoms with van der Waals surface area (Å²) in [5.41, 5.74) is 3.10. The van der Waals surface area contributed by atoms with Crippen molar-refractivity contribution >= 4 is 17.5 Å². The van der Waals surface area contributed by atoms with Crippen molar-refractivity contribution in [1.82, 2.24) is 4.90 Å². The topological polar surface area (TPSA) is 40.6 Å². The molecule has 0 unspecified atom stereocenters. The largest absolute Gasteiger partial charge is 0.295 e. The van der Waals surface area contributed by atoms with Crippen LogP contribution >= 0.6 is 0 Å². The monoisotopic (exact) mass is 422 g/mol. The number of anilines is 1. The Kier molecular flexibility index (Phi) is 4.69. The second-order valence-corrected chi connectivity index (χ2v) is 9.14. The Morgan fingerprint density at radius 2 is 1.22 bits per heavy atom. The van der Waals surface area contributed by atoms with Gasteiger partial charge in [-0.3, -0.25) is 14.5 Å². The first-order chi connectivity index (χ1) is 15.8. The predicted molar refractivity (Wildman–Crippen MR) is 124 cm³/mol. The van der Waals surface area contributed by atoms with Crippen LogP contribution in [0.4, 0.5) is 5.69 Å². The molecular weight excluding hydrogens is 396 g/mol. The highest BCUT2D eigenvalue weighted by Crippen LogP contribution is 2.52. The molecule has 0 N–H and O–H groups in total. The molecule has 32 heavy (non-hydrogen) atoms. The van der Waals surface area contributed by atoms with Crippen LogP contribution in [0.15, 0.2) is 91.0 Å². The fourth-order valence-electron chi connectivity index (χ4n) is 6.39. The summed E-state index contributed by atoms with van der Waals surface area (Å²) in [6, 6.07) is 30.5. The summed E-state index contributed by atoms with van der Waals surface area (Å²) in [7, 11) is 0. The smallest absolute Gasteiger partial charge is 0.239 e. The van der Waals surface area contributed by atoms with Crippen LogP contribution in [-0.4, -0.2) is 35.3 Å². The number of carbonyl (C=O) groups is 2. The molecule has 4 atom stereocenters. The van der Waals surface area contributed by atoms with Crippen LogP contribution in [0.5, 0.6) is 0 Å². The van der Waals surface area contributed by atoms with Crippen molar-refractivity contribution < 1.29 is 9.59 Å². The summed E-state index contributed by atoms with van der Waals surface area (Å²) >= 11 is 0. The zero-order chi connectivity index (χ0) is 21.7. The molecular formula is C28H26N2O2. The van der Waals surface area contributed by atoms with Crippen LogP contribution < -0.4 is 4.90 Å². The standard InChI is InChI=1S/C28H26N2O2/c31-27-24-22-17-10-18-29(22)26(25(24)28(32)30(27)21-15-8-3-9-16-21)23(19-11-4-1-5-12-19)20-13-6-2-7-14-20/h1-9,11-16,22-26H,10,17-18H2/t22-,24-,25-,26+/m1/s1. The summed E-state index contributed by atoms with van der Waals surface area (Å²) in [5, 5.41) is 0. The minimum atomic E-state index is -0.321. The zero-order valence-corrected chi connectivity index (χ0v) is 17.9. The highest BCUT2D eigenvalue weighted by molar-refractivity contribution is 6.23. The average Bonchev–Trinajstić information content (AvgIpc) is 3.49. The van der Waals surface area contributed by atoms with Crippen molar-refractivity contribution in [3.63, 3.8) is 0 Å². The van der Waals surface area contributed by atoms with E-state index in [1.165, 1.54) is 16.0 Å². The summed E-state index contributed by atoms with van der Waals surface area (Å²) in [4.78, 5) is 31.5. The van der Waals surface area contributed by atoms with E-state index in [-0.39, 0.29) is 41.7 Å². The first-order valence-electron chi connectivity index (χ1n) is 11.5. The Labute approximate surface area is 188 Å². The van der Waals surface area contributed by atoms with Gasteiger partial charge in [0.25, 0.3) is 0 Å². The van der Waals surface area contributed by atoms with Gasteiger partial charge in [-0.15, -0.1) is 0 Å². The van der Waals surface area contributed by atoms with Gasteiger partial charge in [0.1, 0.15) is 0 Å². The van der Waals surface area contributed by atoms with Gasteiger partial charge in [-0.05, 0) is 42.6 Å². The minimum Gasteiger partial charge on any atom is -0.295 e. The molecule has 0 spiro atoms. The molecule has 4 heteroatoms. The molecule has 2 amide bonds. The minimum absolute atomic E-state index is 0.0227. The van der Waals surface area contributed by atoms with Crippen LogP contribution in [0.25, 0.3) is 0 Å². The van der Waals surface area contributed by atoms with E-state index in [1.54, 1.807) is 0 Å². The van der Waals surface area contributed by atoms with Crippen LogP contribution in [0.1, 0.15) is 29.9 Å². The Morgan fingerprint density at radius 3 is 1.81 bits per heavy atom. The Balaban J connectivity index is 1.49. The molecule has 3 heterocycles. The SMILES string of the molecule is O=C1[C@@H]2[C@H](C(=O)N1c1ccccc1)[C@H]1CCCN1[C@H]2C(c1ccccc1)c1ccccc1. The molecule has 3 aromatic rings. The van der Waals surface area contributed by atoms with Crippen molar-refractivity contribution in [2.45, 2.75) is 30.8 Å². The van der Waals surface area contributed by atoms with Crippen molar-refractivity contribution in [2.75, 3.05) is 11.4 Å². The van der Waals surface area contributed by atoms with Crippen molar-refractivity contribution in [3.8, 4) is 0 Å².